The van der Waals surface area contributed by atoms with Crippen LogP contribution in [0.2, 0.25) is 0 Å². The van der Waals surface area contributed by atoms with Crippen molar-refractivity contribution < 1.29 is 0 Å². The van der Waals surface area contributed by atoms with Gasteiger partial charge in [0.05, 0.1) is 6.54 Å². The van der Waals surface area contributed by atoms with E-state index < -0.39 is 0 Å². The van der Waals surface area contributed by atoms with Gasteiger partial charge in [0, 0.05) is 11.6 Å². The largest absolute Gasteiger partial charge is 0.324 e. The summed E-state index contributed by atoms with van der Waals surface area (Å²) in [5.74, 6) is 2.26. The Morgan fingerprint density at radius 3 is 2.15 bits per heavy atom. The van der Waals surface area contributed by atoms with E-state index in [4.69, 9.17) is 5.73 Å². The highest BCUT2D eigenvalue weighted by atomic mass is 15.3. The molecule has 0 saturated heterocycles. The van der Waals surface area contributed by atoms with Crippen LogP contribution in [0.25, 0.3) is 5.69 Å². The molecular weight excluding hydrogens is 248 g/mol. The van der Waals surface area contributed by atoms with Crippen molar-refractivity contribution in [3.63, 3.8) is 0 Å². The SMILES string of the molecule is CC1(C)C(c2nnc(CN)n2-c2ccccc2)C1(C)C. The van der Waals surface area contributed by atoms with E-state index >= 15 is 0 Å². The van der Waals surface area contributed by atoms with Crippen LogP contribution in [0.5, 0.6) is 0 Å². The van der Waals surface area contributed by atoms with Crippen LogP contribution < -0.4 is 5.73 Å². The lowest BCUT2D eigenvalue weighted by atomic mass is 10.0. The van der Waals surface area contributed by atoms with Gasteiger partial charge in [0.25, 0.3) is 0 Å². The van der Waals surface area contributed by atoms with Crippen molar-refractivity contribution in [2.24, 2.45) is 16.6 Å². The number of nitrogens with two attached hydrogens (primary N) is 1. The molecule has 0 aliphatic heterocycles. The number of nitrogens with zero attached hydrogens (tertiary/aromatic N) is 3. The van der Waals surface area contributed by atoms with E-state index in [1.807, 2.05) is 18.2 Å². The number of aromatic nitrogens is 3. The quantitative estimate of drug-likeness (QED) is 0.933. The standard InChI is InChI=1S/C16H22N4/c1-15(2)13(16(15,3)4)14-19-18-12(10-17)20(14)11-8-6-5-7-9-11/h5-9,13H,10,17H2,1-4H3. The Hall–Kier alpha value is -1.68. The molecule has 3 rings (SSSR count). The van der Waals surface area contributed by atoms with Crippen molar-refractivity contribution >= 4 is 0 Å². The molecule has 1 aliphatic rings. The van der Waals surface area contributed by atoms with E-state index in [2.05, 4.69) is 54.6 Å². The topological polar surface area (TPSA) is 56.7 Å². The monoisotopic (exact) mass is 270 g/mol. The number of hydrogen-bond acceptors (Lipinski definition) is 3. The summed E-state index contributed by atoms with van der Waals surface area (Å²) in [6, 6.07) is 10.2. The zero-order valence-corrected chi connectivity index (χ0v) is 12.6. The van der Waals surface area contributed by atoms with Crippen molar-refractivity contribution in [3.05, 3.63) is 42.0 Å². The van der Waals surface area contributed by atoms with Gasteiger partial charge in [-0.2, -0.15) is 0 Å². The zero-order valence-electron chi connectivity index (χ0n) is 12.6. The van der Waals surface area contributed by atoms with Gasteiger partial charge < -0.3 is 5.73 Å². The molecule has 0 unspecified atom stereocenters. The van der Waals surface area contributed by atoms with Crippen LogP contribution in [0, 0.1) is 10.8 Å². The molecule has 0 atom stereocenters. The summed E-state index contributed by atoms with van der Waals surface area (Å²) in [5.41, 5.74) is 7.39. The lowest BCUT2D eigenvalue weighted by Crippen LogP contribution is -2.10. The number of para-hydroxylation sites is 1. The molecule has 4 heteroatoms. The lowest BCUT2D eigenvalue weighted by molar-refractivity contribution is 0.457. The minimum atomic E-state index is 0.235. The minimum Gasteiger partial charge on any atom is -0.324 e. The third-order valence-corrected chi connectivity index (χ3v) is 5.23. The molecule has 1 fully saturated rings. The molecule has 1 aliphatic carbocycles. The first-order chi connectivity index (χ1) is 9.41. The summed E-state index contributed by atoms with van der Waals surface area (Å²) >= 11 is 0. The van der Waals surface area contributed by atoms with Crippen LogP contribution in [0.4, 0.5) is 0 Å². The molecule has 1 saturated carbocycles. The van der Waals surface area contributed by atoms with Crippen LogP contribution >= 0.6 is 0 Å². The second-order valence-electron chi connectivity index (χ2n) is 6.73. The van der Waals surface area contributed by atoms with Gasteiger partial charge in [0.15, 0.2) is 5.82 Å². The summed E-state index contributed by atoms with van der Waals surface area (Å²) in [5, 5.41) is 8.74. The summed E-state index contributed by atoms with van der Waals surface area (Å²) in [6.45, 7) is 9.58. The van der Waals surface area contributed by atoms with E-state index in [0.717, 1.165) is 17.3 Å². The van der Waals surface area contributed by atoms with Gasteiger partial charge in [-0.15, -0.1) is 10.2 Å². The van der Waals surface area contributed by atoms with Crippen molar-refractivity contribution in [1.29, 1.82) is 0 Å². The van der Waals surface area contributed by atoms with Crippen LogP contribution in [-0.4, -0.2) is 14.8 Å². The molecule has 0 spiro atoms. The fourth-order valence-corrected chi connectivity index (χ4v) is 3.35. The van der Waals surface area contributed by atoms with Crippen LogP contribution in [-0.2, 0) is 6.54 Å². The summed E-state index contributed by atoms with van der Waals surface area (Å²) in [7, 11) is 0. The van der Waals surface area contributed by atoms with Crippen molar-refractivity contribution in [1.82, 2.24) is 14.8 Å². The molecule has 0 amide bonds. The van der Waals surface area contributed by atoms with E-state index in [0.29, 0.717) is 12.5 Å². The van der Waals surface area contributed by atoms with Gasteiger partial charge in [-0.05, 0) is 23.0 Å². The molecule has 0 radical (unpaired) electrons. The molecule has 1 heterocycles. The third kappa shape index (κ3) is 1.64. The Balaban J connectivity index is 2.13. The second kappa shape index (κ2) is 4.16. The first kappa shape index (κ1) is 13.3. The zero-order chi connectivity index (χ0) is 14.5. The van der Waals surface area contributed by atoms with Gasteiger partial charge in [-0.3, -0.25) is 4.57 Å². The Morgan fingerprint density at radius 1 is 1.05 bits per heavy atom. The first-order valence-electron chi connectivity index (χ1n) is 7.11. The fraction of sp³-hybridized carbons (Fsp3) is 0.500. The van der Waals surface area contributed by atoms with E-state index in [-0.39, 0.29) is 10.8 Å². The molecule has 2 N–H and O–H groups in total. The van der Waals surface area contributed by atoms with Crippen molar-refractivity contribution in [2.75, 3.05) is 0 Å². The maximum Gasteiger partial charge on any atom is 0.151 e. The Bertz CT molecular complexity index is 611. The van der Waals surface area contributed by atoms with Crippen LogP contribution in [0.3, 0.4) is 0 Å². The normalized spacial score (nSPS) is 20.1. The molecule has 2 aromatic rings. The third-order valence-electron chi connectivity index (χ3n) is 5.23. The predicted octanol–water partition coefficient (Wildman–Crippen LogP) is 2.88. The highest BCUT2D eigenvalue weighted by molar-refractivity contribution is 5.38. The van der Waals surface area contributed by atoms with E-state index in [1.54, 1.807) is 0 Å². The molecule has 106 valence electrons. The van der Waals surface area contributed by atoms with Gasteiger partial charge in [-0.25, -0.2) is 0 Å². The maximum atomic E-state index is 5.83. The molecular formula is C16H22N4. The average Bonchev–Trinajstić information content (AvgIpc) is 2.75. The second-order valence-corrected chi connectivity index (χ2v) is 6.73. The molecule has 1 aromatic heterocycles. The van der Waals surface area contributed by atoms with E-state index in [9.17, 15) is 0 Å². The lowest BCUT2D eigenvalue weighted by Gasteiger charge is -2.10. The minimum absolute atomic E-state index is 0.235. The smallest absolute Gasteiger partial charge is 0.151 e. The van der Waals surface area contributed by atoms with Gasteiger partial charge in [0.2, 0.25) is 0 Å². The Labute approximate surface area is 120 Å². The highest BCUT2D eigenvalue weighted by Gasteiger charge is 2.67. The van der Waals surface area contributed by atoms with Gasteiger partial charge >= 0.3 is 0 Å². The number of hydrogen-bond donors (Lipinski definition) is 1. The van der Waals surface area contributed by atoms with Crippen LogP contribution in [0.1, 0.15) is 45.3 Å². The maximum absolute atomic E-state index is 5.83. The number of rotatable bonds is 3. The predicted molar refractivity (Wildman–Crippen MR) is 79.6 cm³/mol. The molecule has 4 nitrogen and oxygen atoms in total. The fourth-order valence-electron chi connectivity index (χ4n) is 3.35. The Kier molecular flexibility index (Phi) is 2.77. The summed E-state index contributed by atoms with van der Waals surface area (Å²) in [6.07, 6.45) is 0. The average molecular weight is 270 g/mol. The van der Waals surface area contributed by atoms with E-state index in [1.165, 1.54) is 0 Å². The van der Waals surface area contributed by atoms with Gasteiger partial charge in [0.1, 0.15) is 5.82 Å². The molecule has 0 bridgehead atoms. The van der Waals surface area contributed by atoms with Crippen molar-refractivity contribution in [2.45, 2.75) is 40.2 Å². The highest BCUT2D eigenvalue weighted by Crippen LogP contribution is 2.73. The summed E-state index contributed by atoms with van der Waals surface area (Å²) in [4.78, 5) is 0. The van der Waals surface area contributed by atoms with Gasteiger partial charge in [-0.1, -0.05) is 45.9 Å². The summed E-state index contributed by atoms with van der Waals surface area (Å²) < 4.78 is 2.13. The Morgan fingerprint density at radius 2 is 1.65 bits per heavy atom. The number of benzene rings is 1. The molecule has 20 heavy (non-hydrogen) atoms. The first-order valence-corrected chi connectivity index (χ1v) is 7.11. The van der Waals surface area contributed by atoms with Crippen LogP contribution in [0.15, 0.2) is 30.3 Å². The molecule has 1 aromatic carbocycles. The van der Waals surface area contributed by atoms with Crippen molar-refractivity contribution in [3.8, 4) is 5.69 Å².